The van der Waals surface area contributed by atoms with E-state index < -0.39 is 0 Å². The van der Waals surface area contributed by atoms with Gasteiger partial charge in [0.25, 0.3) is 0 Å². The molecule has 1 amide bonds. The van der Waals surface area contributed by atoms with Crippen LogP contribution in [0.3, 0.4) is 0 Å². The van der Waals surface area contributed by atoms with Gasteiger partial charge < -0.3 is 0 Å². The molecular formula is C8H17NO2. The number of rotatable bonds is 6. The van der Waals surface area contributed by atoms with Gasteiger partial charge in [0.15, 0.2) is 0 Å². The molecule has 0 aliphatic heterocycles. The number of unbranched alkanes of at least 4 members (excludes halogenated alkanes) is 1. The van der Waals surface area contributed by atoms with Crippen molar-refractivity contribution in [2.24, 2.45) is 0 Å². The standard InChI is InChI=1S/C8H17NO2/c1-4-5-6-11-9(7-10)8(2)3/h7-8H,4-6H2,1-3H3. The molecule has 0 spiro atoms. The molecule has 0 atom stereocenters. The van der Waals surface area contributed by atoms with E-state index in [2.05, 4.69) is 6.92 Å². The van der Waals surface area contributed by atoms with Crippen molar-refractivity contribution in [1.82, 2.24) is 5.06 Å². The Hall–Kier alpha value is -0.570. The fourth-order valence-corrected chi connectivity index (χ4v) is 0.616. The first-order valence-electron chi connectivity index (χ1n) is 4.09. The number of hydrogen-bond donors (Lipinski definition) is 0. The molecule has 0 rings (SSSR count). The van der Waals surface area contributed by atoms with Gasteiger partial charge in [0.1, 0.15) is 0 Å². The van der Waals surface area contributed by atoms with E-state index in [1.165, 1.54) is 5.06 Å². The Bertz CT molecular complexity index is 104. The predicted octanol–water partition coefficient (Wildman–Crippen LogP) is 1.58. The monoisotopic (exact) mass is 159 g/mol. The SMILES string of the molecule is CCCCON(C=O)C(C)C. The molecule has 3 nitrogen and oxygen atoms in total. The number of carbonyl (C=O) groups is 1. The zero-order chi connectivity index (χ0) is 8.69. The highest BCUT2D eigenvalue weighted by molar-refractivity contribution is 5.45. The first-order chi connectivity index (χ1) is 5.22. The van der Waals surface area contributed by atoms with Gasteiger partial charge in [-0.15, -0.1) is 0 Å². The molecule has 3 heteroatoms. The number of hydrogen-bond acceptors (Lipinski definition) is 2. The van der Waals surface area contributed by atoms with Gasteiger partial charge >= 0.3 is 0 Å². The molecule has 0 aromatic rings. The largest absolute Gasteiger partial charge is 0.276 e. The van der Waals surface area contributed by atoms with Crippen molar-refractivity contribution >= 4 is 6.41 Å². The molecule has 0 heterocycles. The summed E-state index contributed by atoms with van der Waals surface area (Å²) in [6, 6.07) is 0.129. The average molecular weight is 159 g/mol. The van der Waals surface area contributed by atoms with Crippen LogP contribution >= 0.6 is 0 Å². The zero-order valence-corrected chi connectivity index (χ0v) is 7.54. The fourth-order valence-electron chi connectivity index (χ4n) is 0.616. The molecular weight excluding hydrogens is 142 g/mol. The molecule has 0 bridgehead atoms. The van der Waals surface area contributed by atoms with Crippen molar-refractivity contribution in [2.45, 2.75) is 39.7 Å². The van der Waals surface area contributed by atoms with Crippen molar-refractivity contribution in [1.29, 1.82) is 0 Å². The number of carbonyl (C=O) groups excluding carboxylic acids is 1. The third-order valence-electron chi connectivity index (χ3n) is 1.35. The van der Waals surface area contributed by atoms with Crippen LogP contribution in [0, 0.1) is 0 Å². The Morgan fingerprint density at radius 2 is 2.18 bits per heavy atom. The lowest BCUT2D eigenvalue weighted by atomic mass is 10.4. The van der Waals surface area contributed by atoms with E-state index in [0.29, 0.717) is 6.61 Å². The second kappa shape index (κ2) is 6.16. The quantitative estimate of drug-likeness (QED) is 0.334. The van der Waals surface area contributed by atoms with Crippen LogP contribution in [0.15, 0.2) is 0 Å². The lowest BCUT2D eigenvalue weighted by Gasteiger charge is -2.20. The molecule has 0 saturated heterocycles. The zero-order valence-electron chi connectivity index (χ0n) is 7.54. The minimum atomic E-state index is 0.129. The molecule has 0 radical (unpaired) electrons. The van der Waals surface area contributed by atoms with Crippen molar-refractivity contribution < 1.29 is 9.63 Å². The van der Waals surface area contributed by atoms with Crippen LogP contribution < -0.4 is 0 Å². The second-order valence-electron chi connectivity index (χ2n) is 2.75. The summed E-state index contributed by atoms with van der Waals surface area (Å²) in [5, 5.41) is 1.34. The third-order valence-corrected chi connectivity index (χ3v) is 1.35. The first kappa shape index (κ1) is 10.4. The molecule has 0 fully saturated rings. The first-order valence-corrected chi connectivity index (χ1v) is 4.09. The van der Waals surface area contributed by atoms with E-state index >= 15 is 0 Å². The van der Waals surface area contributed by atoms with Crippen LogP contribution in [0.1, 0.15) is 33.6 Å². The van der Waals surface area contributed by atoms with Crippen LogP contribution in [0.25, 0.3) is 0 Å². The molecule has 0 aromatic heterocycles. The average Bonchev–Trinajstić information content (AvgIpc) is 1.97. The number of hydroxylamine groups is 2. The molecule has 0 aromatic carbocycles. The Labute approximate surface area is 68.3 Å². The Morgan fingerprint density at radius 1 is 1.55 bits per heavy atom. The molecule has 66 valence electrons. The molecule has 11 heavy (non-hydrogen) atoms. The van der Waals surface area contributed by atoms with E-state index in [1.807, 2.05) is 13.8 Å². The summed E-state index contributed by atoms with van der Waals surface area (Å²) in [5.74, 6) is 0. The van der Waals surface area contributed by atoms with E-state index in [1.54, 1.807) is 0 Å². The molecule has 0 aliphatic carbocycles. The maximum Gasteiger partial charge on any atom is 0.233 e. The van der Waals surface area contributed by atoms with Gasteiger partial charge in [-0.2, -0.15) is 0 Å². The highest BCUT2D eigenvalue weighted by Crippen LogP contribution is 1.97. The highest BCUT2D eigenvalue weighted by atomic mass is 16.7. The van der Waals surface area contributed by atoms with Crippen LogP contribution in [0.4, 0.5) is 0 Å². The van der Waals surface area contributed by atoms with E-state index in [9.17, 15) is 4.79 Å². The van der Waals surface area contributed by atoms with Crippen LogP contribution in [-0.4, -0.2) is 24.1 Å². The lowest BCUT2D eigenvalue weighted by molar-refractivity contribution is -0.182. The van der Waals surface area contributed by atoms with Gasteiger partial charge in [0, 0.05) is 0 Å². The van der Waals surface area contributed by atoms with Crippen molar-refractivity contribution in [2.75, 3.05) is 6.61 Å². The molecule has 0 aliphatic rings. The fraction of sp³-hybridized carbons (Fsp3) is 0.875. The molecule has 0 unspecified atom stereocenters. The lowest BCUT2D eigenvalue weighted by Crippen LogP contribution is -2.29. The van der Waals surface area contributed by atoms with Crippen LogP contribution in [0.5, 0.6) is 0 Å². The van der Waals surface area contributed by atoms with E-state index in [4.69, 9.17) is 4.84 Å². The minimum Gasteiger partial charge on any atom is -0.276 e. The van der Waals surface area contributed by atoms with Gasteiger partial charge in [0.2, 0.25) is 6.41 Å². The Balaban J connectivity index is 3.44. The predicted molar refractivity (Wildman–Crippen MR) is 43.9 cm³/mol. The highest BCUT2D eigenvalue weighted by Gasteiger charge is 2.04. The third kappa shape index (κ3) is 4.79. The maximum absolute atomic E-state index is 10.3. The summed E-state index contributed by atoms with van der Waals surface area (Å²) in [6.07, 6.45) is 2.81. The van der Waals surface area contributed by atoms with Gasteiger partial charge in [-0.05, 0) is 20.3 Å². The maximum atomic E-state index is 10.3. The summed E-state index contributed by atoms with van der Waals surface area (Å²) in [5.41, 5.74) is 0. The Morgan fingerprint density at radius 3 is 2.55 bits per heavy atom. The summed E-state index contributed by atoms with van der Waals surface area (Å²) >= 11 is 0. The van der Waals surface area contributed by atoms with Gasteiger partial charge in [0.05, 0.1) is 12.6 Å². The topological polar surface area (TPSA) is 29.5 Å². The molecule has 0 saturated carbocycles. The summed E-state index contributed by atoms with van der Waals surface area (Å²) in [4.78, 5) is 15.5. The van der Waals surface area contributed by atoms with Gasteiger partial charge in [-0.1, -0.05) is 13.3 Å². The van der Waals surface area contributed by atoms with E-state index in [-0.39, 0.29) is 6.04 Å². The summed E-state index contributed by atoms with van der Waals surface area (Å²) < 4.78 is 0. The van der Waals surface area contributed by atoms with Crippen LogP contribution in [0.2, 0.25) is 0 Å². The van der Waals surface area contributed by atoms with Crippen molar-refractivity contribution in [3.05, 3.63) is 0 Å². The number of amides is 1. The molecule has 0 N–H and O–H groups in total. The summed E-state index contributed by atoms with van der Waals surface area (Å²) in [7, 11) is 0. The van der Waals surface area contributed by atoms with Gasteiger partial charge in [-0.25, -0.2) is 5.06 Å². The smallest absolute Gasteiger partial charge is 0.233 e. The van der Waals surface area contributed by atoms with E-state index in [0.717, 1.165) is 19.3 Å². The number of nitrogens with zero attached hydrogens (tertiary/aromatic N) is 1. The Kier molecular flexibility index (Phi) is 5.84. The second-order valence-corrected chi connectivity index (χ2v) is 2.75. The summed E-state index contributed by atoms with van der Waals surface area (Å²) in [6.45, 7) is 6.55. The normalized spacial score (nSPS) is 10.2. The van der Waals surface area contributed by atoms with Crippen molar-refractivity contribution in [3.63, 3.8) is 0 Å². The van der Waals surface area contributed by atoms with Crippen molar-refractivity contribution in [3.8, 4) is 0 Å². The van der Waals surface area contributed by atoms with Gasteiger partial charge in [-0.3, -0.25) is 9.63 Å². The minimum absolute atomic E-state index is 0.129. The van der Waals surface area contributed by atoms with Crippen LogP contribution in [-0.2, 0) is 9.63 Å².